The number of fused-ring (bicyclic) bond motifs is 1. The molecular formula is C18H15ClF3N3O4. The first-order valence-corrected chi connectivity index (χ1v) is 8.64. The number of nitrogens with zero attached hydrogens (tertiary/aromatic N) is 3. The lowest BCUT2D eigenvalue weighted by atomic mass is 10.2. The molecule has 0 aliphatic rings. The van der Waals surface area contributed by atoms with Gasteiger partial charge in [0.2, 0.25) is 0 Å². The van der Waals surface area contributed by atoms with E-state index in [1.54, 1.807) is 31.2 Å². The molecule has 29 heavy (non-hydrogen) atoms. The minimum atomic E-state index is -4.71. The van der Waals surface area contributed by atoms with Crippen LogP contribution in [0.15, 0.2) is 29.1 Å². The van der Waals surface area contributed by atoms with Gasteiger partial charge in [-0.1, -0.05) is 23.7 Å². The zero-order valence-corrected chi connectivity index (χ0v) is 16.0. The highest BCUT2D eigenvalue weighted by Gasteiger charge is 2.33. The number of hydrogen-bond donors (Lipinski definition) is 1. The van der Waals surface area contributed by atoms with Gasteiger partial charge in [-0.3, -0.25) is 9.36 Å². The first-order valence-electron chi connectivity index (χ1n) is 8.26. The van der Waals surface area contributed by atoms with E-state index in [-0.39, 0.29) is 23.4 Å². The lowest BCUT2D eigenvalue weighted by Crippen LogP contribution is -2.25. The molecule has 0 aliphatic heterocycles. The van der Waals surface area contributed by atoms with Gasteiger partial charge in [0.15, 0.2) is 23.7 Å². The minimum Gasteiger partial charge on any atom is -0.481 e. The number of aromatic nitrogens is 3. The molecule has 0 saturated heterocycles. The summed E-state index contributed by atoms with van der Waals surface area (Å²) in [5, 5.41) is 9.61. The fourth-order valence-corrected chi connectivity index (χ4v) is 3.08. The van der Waals surface area contributed by atoms with Crippen molar-refractivity contribution in [3.63, 3.8) is 0 Å². The lowest BCUT2D eigenvalue weighted by molar-refractivity contribution is -0.153. The predicted molar refractivity (Wildman–Crippen MR) is 98.8 cm³/mol. The summed E-state index contributed by atoms with van der Waals surface area (Å²) >= 11 is 5.85. The van der Waals surface area contributed by atoms with Gasteiger partial charge in [0.05, 0.1) is 6.54 Å². The van der Waals surface area contributed by atoms with E-state index >= 15 is 0 Å². The maximum absolute atomic E-state index is 13.1. The molecule has 1 N–H and O–H groups in total. The normalized spacial score (nSPS) is 11.8. The van der Waals surface area contributed by atoms with E-state index in [9.17, 15) is 27.9 Å². The largest absolute Gasteiger partial charge is 0.481 e. The molecule has 0 atom stereocenters. The van der Waals surface area contributed by atoms with E-state index in [1.807, 2.05) is 0 Å². The third-order valence-electron chi connectivity index (χ3n) is 4.27. The van der Waals surface area contributed by atoms with Crippen molar-refractivity contribution in [2.45, 2.75) is 19.6 Å². The maximum Gasteiger partial charge on any atom is 0.422 e. The van der Waals surface area contributed by atoms with Gasteiger partial charge in [-0.25, -0.2) is 9.78 Å². The molecule has 0 amide bonds. The molecule has 0 saturated carbocycles. The molecule has 3 aromatic rings. The maximum atomic E-state index is 13.1. The summed E-state index contributed by atoms with van der Waals surface area (Å²) in [6, 6.07) is 6.64. The highest BCUT2D eigenvalue weighted by molar-refractivity contribution is 6.30. The molecule has 0 spiro atoms. The van der Waals surface area contributed by atoms with Crippen LogP contribution >= 0.6 is 11.6 Å². The Morgan fingerprint density at radius 2 is 1.90 bits per heavy atom. The Labute approximate surface area is 166 Å². The van der Waals surface area contributed by atoms with Crippen LogP contribution in [0.2, 0.25) is 5.02 Å². The summed E-state index contributed by atoms with van der Waals surface area (Å²) in [5.74, 6) is -1.93. The quantitative estimate of drug-likeness (QED) is 0.672. The summed E-state index contributed by atoms with van der Waals surface area (Å²) in [6.07, 6.45) is -4.71. The van der Waals surface area contributed by atoms with Crippen molar-refractivity contribution in [2.75, 3.05) is 6.61 Å². The van der Waals surface area contributed by atoms with Crippen LogP contribution in [0.25, 0.3) is 11.0 Å². The number of rotatable bonds is 5. The Hall–Kier alpha value is -3.01. The van der Waals surface area contributed by atoms with Crippen molar-refractivity contribution in [3.05, 3.63) is 56.7 Å². The van der Waals surface area contributed by atoms with Crippen LogP contribution in [0.5, 0.6) is 5.75 Å². The fraction of sp³-hybridized carbons (Fsp3) is 0.278. The van der Waals surface area contributed by atoms with Crippen LogP contribution in [0.1, 0.15) is 21.9 Å². The van der Waals surface area contributed by atoms with E-state index in [0.717, 1.165) is 4.57 Å². The standard InChI is InChI=1S/C18H15ClF3N3O4/c1-9-23-15-12(16(26)25(9)7-10-3-5-11(19)6-4-10)14(29-8-18(20,21)22)13(17(27)28)24(15)2/h3-6H,7-8H2,1-2H3,(H,27,28). The fourth-order valence-electron chi connectivity index (χ4n) is 2.96. The lowest BCUT2D eigenvalue weighted by Gasteiger charge is -2.11. The van der Waals surface area contributed by atoms with Crippen molar-refractivity contribution in [3.8, 4) is 5.75 Å². The summed E-state index contributed by atoms with van der Waals surface area (Å²) in [4.78, 5) is 28.9. The highest BCUT2D eigenvalue weighted by Crippen LogP contribution is 2.31. The Bertz CT molecular complexity index is 1150. The minimum absolute atomic E-state index is 0.0702. The topological polar surface area (TPSA) is 86.3 Å². The van der Waals surface area contributed by atoms with Crippen LogP contribution < -0.4 is 10.3 Å². The van der Waals surface area contributed by atoms with E-state index < -0.39 is 35.8 Å². The van der Waals surface area contributed by atoms with Crippen molar-refractivity contribution in [1.82, 2.24) is 14.1 Å². The second kappa shape index (κ2) is 7.43. The molecule has 0 bridgehead atoms. The van der Waals surface area contributed by atoms with Crippen molar-refractivity contribution < 1.29 is 27.8 Å². The summed E-state index contributed by atoms with van der Waals surface area (Å²) in [5.41, 5.74) is -0.664. The molecule has 7 nitrogen and oxygen atoms in total. The van der Waals surface area contributed by atoms with Gasteiger partial charge >= 0.3 is 12.1 Å². The number of alkyl halides is 3. The van der Waals surface area contributed by atoms with Crippen molar-refractivity contribution in [2.24, 2.45) is 7.05 Å². The Morgan fingerprint density at radius 3 is 2.45 bits per heavy atom. The molecule has 0 radical (unpaired) electrons. The van der Waals surface area contributed by atoms with Crippen LogP contribution in [0.4, 0.5) is 13.2 Å². The molecule has 1 aromatic carbocycles. The van der Waals surface area contributed by atoms with E-state index in [4.69, 9.17) is 16.3 Å². The van der Waals surface area contributed by atoms with Crippen LogP contribution in [-0.2, 0) is 13.6 Å². The zero-order valence-electron chi connectivity index (χ0n) is 15.2. The zero-order chi connectivity index (χ0) is 21.5. The Morgan fingerprint density at radius 1 is 1.28 bits per heavy atom. The number of halogens is 4. The Kier molecular flexibility index (Phi) is 5.31. The number of aryl methyl sites for hydroxylation is 2. The third kappa shape index (κ3) is 4.07. The van der Waals surface area contributed by atoms with Gasteiger partial charge in [0, 0.05) is 12.1 Å². The number of aromatic carboxylic acids is 1. The molecule has 0 unspecified atom stereocenters. The Balaban J connectivity index is 2.22. The van der Waals surface area contributed by atoms with Crippen molar-refractivity contribution >= 4 is 28.6 Å². The van der Waals surface area contributed by atoms with Gasteiger partial charge in [-0.2, -0.15) is 13.2 Å². The average molecular weight is 430 g/mol. The van der Waals surface area contributed by atoms with Gasteiger partial charge in [-0.15, -0.1) is 0 Å². The van der Waals surface area contributed by atoms with E-state index in [2.05, 4.69) is 4.98 Å². The molecule has 11 heteroatoms. The average Bonchev–Trinajstić information content (AvgIpc) is 2.90. The highest BCUT2D eigenvalue weighted by atomic mass is 35.5. The summed E-state index contributed by atoms with van der Waals surface area (Å²) in [7, 11) is 1.29. The van der Waals surface area contributed by atoms with Gasteiger partial charge in [0.1, 0.15) is 11.2 Å². The SMILES string of the molecule is Cc1nc2c(c(OCC(F)(F)F)c(C(=O)O)n2C)c(=O)n1Cc1ccc(Cl)cc1. The van der Waals surface area contributed by atoms with Crippen LogP contribution in [-0.4, -0.2) is 38.0 Å². The van der Waals surface area contributed by atoms with Crippen LogP contribution in [0.3, 0.4) is 0 Å². The second-order valence-corrected chi connectivity index (χ2v) is 6.76. The number of hydrogen-bond acceptors (Lipinski definition) is 4. The van der Waals surface area contributed by atoms with Gasteiger partial charge in [-0.05, 0) is 24.6 Å². The molecule has 154 valence electrons. The summed E-state index contributed by atoms with van der Waals surface area (Å²) in [6.45, 7) is -0.127. The number of ether oxygens (including phenoxy) is 1. The van der Waals surface area contributed by atoms with Gasteiger partial charge < -0.3 is 14.4 Å². The summed E-state index contributed by atoms with van der Waals surface area (Å²) < 4.78 is 45.0. The third-order valence-corrected chi connectivity index (χ3v) is 4.52. The molecule has 2 aromatic heterocycles. The number of carboxylic acid groups (broad SMARTS) is 1. The number of benzene rings is 1. The van der Waals surface area contributed by atoms with Crippen LogP contribution in [0, 0.1) is 6.92 Å². The molecule has 0 aliphatic carbocycles. The molecule has 0 fully saturated rings. The monoisotopic (exact) mass is 429 g/mol. The molecule has 2 heterocycles. The van der Waals surface area contributed by atoms with Gasteiger partial charge in [0.25, 0.3) is 5.56 Å². The number of carboxylic acids is 1. The molecule has 3 rings (SSSR count). The first-order chi connectivity index (χ1) is 13.5. The number of carbonyl (C=O) groups is 1. The van der Waals surface area contributed by atoms with Crippen molar-refractivity contribution in [1.29, 1.82) is 0 Å². The van der Waals surface area contributed by atoms with E-state index in [1.165, 1.54) is 11.6 Å². The smallest absolute Gasteiger partial charge is 0.422 e. The first kappa shape index (κ1) is 20.7. The molecular weight excluding hydrogens is 415 g/mol. The van der Waals surface area contributed by atoms with E-state index in [0.29, 0.717) is 10.6 Å². The second-order valence-electron chi connectivity index (χ2n) is 6.32. The predicted octanol–water partition coefficient (Wildman–Crippen LogP) is 3.38.